The van der Waals surface area contributed by atoms with Crippen molar-refractivity contribution in [3.63, 3.8) is 0 Å². The van der Waals surface area contributed by atoms with Gasteiger partial charge in [-0.15, -0.1) is 0 Å². The Morgan fingerprint density at radius 2 is 2.29 bits per heavy atom. The van der Waals surface area contributed by atoms with E-state index in [-0.39, 0.29) is 17.4 Å². The third-order valence-electron chi connectivity index (χ3n) is 2.41. The molecule has 86 valence electrons. The lowest BCUT2D eigenvalue weighted by atomic mass is 10.2. The second-order valence-electron chi connectivity index (χ2n) is 3.83. The Hall–Kier alpha value is -2.22. The molecule has 1 aliphatic rings. The summed E-state index contributed by atoms with van der Waals surface area (Å²) in [5.74, 6) is -0.698. The van der Waals surface area contributed by atoms with Gasteiger partial charge in [0, 0.05) is 5.92 Å². The maximum Gasteiger partial charge on any atom is 0.203 e. The molecular weight excluding hydrogens is 221 g/mol. The summed E-state index contributed by atoms with van der Waals surface area (Å²) in [6.07, 6.45) is 1.64. The highest BCUT2D eigenvalue weighted by molar-refractivity contribution is 6.47. The molecule has 2 rings (SSSR count). The number of nitrogens with zero attached hydrogens (tertiary/aromatic N) is 2. The first-order valence-corrected chi connectivity index (χ1v) is 5.24. The number of hydrogen-bond donors (Lipinski definition) is 1. The van der Waals surface area contributed by atoms with Gasteiger partial charge in [0.15, 0.2) is 5.78 Å². The number of Topliss-reactive ketones (excluding diaryl/α,β-unsaturated/α-hetero) is 1. The molecule has 17 heavy (non-hydrogen) atoms. The van der Waals surface area contributed by atoms with Crippen LogP contribution >= 0.6 is 0 Å². The van der Waals surface area contributed by atoms with Crippen LogP contribution in [0.3, 0.4) is 0 Å². The molecule has 4 nitrogen and oxygen atoms in total. The number of nitriles is 1. The zero-order valence-electron chi connectivity index (χ0n) is 8.98. The van der Waals surface area contributed by atoms with Gasteiger partial charge >= 0.3 is 0 Å². The summed E-state index contributed by atoms with van der Waals surface area (Å²) >= 11 is 0. The Balaban J connectivity index is 2.08. The molecule has 0 heterocycles. The first-order valence-electron chi connectivity index (χ1n) is 5.24. The van der Waals surface area contributed by atoms with Crippen molar-refractivity contribution in [3.8, 4) is 6.07 Å². The van der Waals surface area contributed by atoms with Crippen LogP contribution in [0.15, 0.2) is 29.4 Å². The Labute approximate surface area is 97.8 Å². The van der Waals surface area contributed by atoms with E-state index in [2.05, 4.69) is 10.5 Å². The number of carbonyl (C=O) groups excluding carboxylic acids is 1. The van der Waals surface area contributed by atoms with Gasteiger partial charge in [0.25, 0.3) is 0 Å². The molecule has 0 aliphatic heterocycles. The lowest BCUT2D eigenvalue weighted by Gasteiger charge is -2.00. The molecule has 1 fully saturated rings. The predicted molar refractivity (Wildman–Crippen MR) is 60.8 cm³/mol. The van der Waals surface area contributed by atoms with Gasteiger partial charge in [-0.25, -0.2) is 4.39 Å². The third kappa shape index (κ3) is 2.88. The zero-order valence-corrected chi connectivity index (χ0v) is 8.98. The molecule has 0 spiro atoms. The fourth-order valence-corrected chi connectivity index (χ4v) is 1.35. The smallest absolute Gasteiger partial charge is 0.203 e. The average molecular weight is 231 g/mol. The number of anilines is 1. The number of carbonyl (C=O) groups is 1. The topological polar surface area (TPSA) is 65.2 Å². The largest absolute Gasteiger partial charge is 0.291 e. The minimum atomic E-state index is -0.405. The standard InChI is InChI=1S/C12H10FN3O/c13-9-2-1-3-10(6-9)15-16-11(7-14)12(17)8-4-5-8/h1-3,6,8,15H,4-5H2. The minimum Gasteiger partial charge on any atom is -0.291 e. The molecule has 0 atom stereocenters. The highest BCUT2D eigenvalue weighted by Gasteiger charge is 2.32. The van der Waals surface area contributed by atoms with E-state index >= 15 is 0 Å². The summed E-state index contributed by atoms with van der Waals surface area (Å²) in [6, 6.07) is 7.41. The molecule has 0 saturated heterocycles. The molecule has 0 bridgehead atoms. The molecule has 5 heteroatoms. The lowest BCUT2D eigenvalue weighted by molar-refractivity contribution is -0.113. The number of rotatable bonds is 4. The van der Waals surface area contributed by atoms with E-state index in [1.807, 2.05) is 0 Å². The highest BCUT2D eigenvalue weighted by atomic mass is 19.1. The molecule has 1 saturated carbocycles. The highest BCUT2D eigenvalue weighted by Crippen LogP contribution is 2.30. The van der Waals surface area contributed by atoms with Gasteiger partial charge in [0.2, 0.25) is 5.71 Å². The maximum absolute atomic E-state index is 12.8. The van der Waals surface area contributed by atoms with Crippen LogP contribution in [0.2, 0.25) is 0 Å². The van der Waals surface area contributed by atoms with Crippen LogP contribution in [-0.4, -0.2) is 11.5 Å². The maximum atomic E-state index is 12.8. The molecule has 0 aromatic heterocycles. The van der Waals surface area contributed by atoms with Crippen molar-refractivity contribution in [2.75, 3.05) is 5.43 Å². The molecule has 0 amide bonds. The molecule has 1 aromatic rings. The first kappa shape index (κ1) is 11.3. The minimum absolute atomic E-state index is 0.0530. The molecule has 1 aliphatic carbocycles. The Bertz CT molecular complexity index is 515. The molecule has 0 unspecified atom stereocenters. The summed E-state index contributed by atoms with van der Waals surface area (Å²) in [6.45, 7) is 0. The van der Waals surface area contributed by atoms with Crippen LogP contribution in [-0.2, 0) is 4.79 Å². The van der Waals surface area contributed by atoms with Crippen LogP contribution in [0.1, 0.15) is 12.8 Å². The lowest BCUT2D eigenvalue weighted by Crippen LogP contribution is -2.15. The van der Waals surface area contributed by atoms with Gasteiger partial charge in [-0.3, -0.25) is 10.2 Å². The monoisotopic (exact) mass is 231 g/mol. The van der Waals surface area contributed by atoms with Crippen LogP contribution in [0.4, 0.5) is 10.1 Å². The van der Waals surface area contributed by atoms with Gasteiger partial charge in [-0.1, -0.05) is 6.07 Å². The number of nitrogens with one attached hydrogen (secondary N) is 1. The van der Waals surface area contributed by atoms with Gasteiger partial charge in [0.05, 0.1) is 5.69 Å². The fraction of sp³-hybridized carbons (Fsp3) is 0.250. The van der Waals surface area contributed by atoms with Crippen molar-refractivity contribution in [2.45, 2.75) is 12.8 Å². The molecule has 1 N–H and O–H groups in total. The van der Waals surface area contributed by atoms with Gasteiger partial charge in [0.1, 0.15) is 11.9 Å². The normalized spacial score (nSPS) is 15.2. The van der Waals surface area contributed by atoms with E-state index in [1.54, 1.807) is 12.1 Å². The van der Waals surface area contributed by atoms with Crippen LogP contribution in [0.25, 0.3) is 0 Å². The number of ketones is 1. The number of hydrazone groups is 1. The average Bonchev–Trinajstić information content (AvgIpc) is 3.13. The second kappa shape index (κ2) is 4.74. The predicted octanol–water partition coefficient (Wildman–Crippen LogP) is 2.10. The summed E-state index contributed by atoms with van der Waals surface area (Å²) < 4.78 is 12.8. The van der Waals surface area contributed by atoms with E-state index in [9.17, 15) is 9.18 Å². The van der Waals surface area contributed by atoms with E-state index in [0.29, 0.717) is 5.69 Å². The van der Waals surface area contributed by atoms with Crippen molar-refractivity contribution < 1.29 is 9.18 Å². The quantitative estimate of drug-likeness (QED) is 0.637. The number of halogens is 1. The Morgan fingerprint density at radius 1 is 1.53 bits per heavy atom. The van der Waals surface area contributed by atoms with E-state index in [4.69, 9.17) is 5.26 Å². The van der Waals surface area contributed by atoms with E-state index in [1.165, 1.54) is 18.2 Å². The van der Waals surface area contributed by atoms with E-state index in [0.717, 1.165) is 12.8 Å². The zero-order chi connectivity index (χ0) is 12.3. The Morgan fingerprint density at radius 3 is 2.88 bits per heavy atom. The van der Waals surface area contributed by atoms with Gasteiger partial charge in [-0.05, 0) is 31.0 Å². The summed E-state index contributed by atoms with van der Waals surface area (Å²) in [7, 11) is 0. The third-order valence-corrected chi connectivity index (χ3v) is 2.41. The van der Waals surface area contributed by atoms with Gasteiger partial charge in [-0.2, -0.15) is 10.4 Å². The van der Waals surface area contributed by atoms with Crippen LogP contribution in [0, 0.1) is 23.1 Å². The number of hydrogen-bond acceptors (Lipinski definition) is 4. The summed E-state index contributed by atoms with van der Waals surface area (Å²) in [5.41, 5.74) is 2.75. The number of benzene rings is 1. The fourth-order valence-electron chi connectivity index (χ4n) is 1.35. The summed E-state index contributed by atoms with van der Waals surface area (Å²) in [5, 5.41) is 12.5. The van der Waals surface area contributed by atoms with Crippen molar-refractivity contribution in [3.05, 3.63) is 30.1 Å². The summed E-state index contributed by atoms with van der Waals surface area (Å²) in [4.78, 5) is 11.6. The van der Waals surface area contributed by atoms with E-state index < -0.39 is 5.82 Å². The molecule has 0 radical (unpaired) electrons. The first-order chi connectivity index (χ1) is 8.20. The second-order valence-corrected chi connectivity index (χ2v) is 3.83. The van der Waals surface area contributed by atoms with Crippen molar-refractivity contribution in [1.29, 1.82) is 5.26 Å². The van der Waals surface area contributed by atoms with Crippen LogP contribution in [0.5, 0.6) is 0 Å². The Kier molecular flexibility index (Phi) is 3.15. The molecule has 1 aromatic carbocycles. The van der Waals surface area contributed by atoms with Gasteiger partial charge < -0.3 is 0 Å². The van der Waals surface area contributed by atoms with Crippen molar-refractivity contribution >= 4 is 17.2 Å². The van der Waals surface area contributed by atoms with Crippen molar-refractivity contribution in [1.82, 2.24) is 0 Å². The van der Waals surface area contributed by atoms with Crippen molar-refractivity contribution in [2.24, 2.45) is 11.0 Å². The molecular formula is C12H10FN3O. The van der Waals surface area contributed by atoms with Crippen LogP contribution < -0.4 is 5.43 Å². The SMILES string of the molecule is N#CC(=NNc1cccc(F)c1)C(=O)C1CC1.